The molecule has 0 aliphatic carbocycles. The van der Waals surface area contributed by atoms with E-state index in [1.807, 2.05) is 0 Å². The lowest BCUT2D eigenvalue weighted by molar-refractivity contribution is 0.634. The van der Waals surface area contributed by atoms with Crippen LogP contribution in [-0.4, -0.2) is 0 Å². The molecule has 0 saturated heterocycles. The van der Waals surface area contributed by atoms with Gasteiger partial charge < -0.3 is 0 Å². The summed E-state index contributed by atoms with van der Waals surface area (Å²) < 4.78 is 0. The number of hydrogen-bond acceptors (Lipinski definition) is 0. The van der Waals surface area contributed by atoms with Crippen molar-refractivity contribution in [3.8, 4) is 0 Å². The van der Waals surface area contributed by atoms with Gasteiger partial charge in [-0.3, -0.25) is 0 Å². The lowest BCUT2D eigenvalue weighted by Crippen LogP contribution is -1.84. The Bertz CT molecular complexity index is 113. The van der Waals surface area contributed by atoms with Gasteiger partial charge in [0.2, 0.25) is 0 Å². The van der Waals surface area contributed by atoms with Crippen LogP contribution in [0.25, 0.3) is 0 Å². The van der Waals surface area contributed by atoms with Gasteiger partial charge in [0.05, 0.1) is 0 Å². The van der Waals surface area contributed by atoms with E-state index in [1.54, 1.807) is 0 Å². The molecule has 0 bridgehead atoms. The summed E-state index contributed by atoms with van der Waals surface area (Å²) in [5.41, 5.74) is 0. The van der Waals surface area contributed by atoms with E-state index in [2.05, 4.69) is 32.9 Å². The van der Waals surface area contributed by atoms with Gasteiger partial charge in [0, 0.05) is 0 Å². The number of hydrogen-bond donors (Lipinski definition) is 0. The quantitative estimate of drug-likeness (QED) is 0.368. The van der Waals surface area contributed by atoms with E-state index in [9.17, 15) is 0 Å². The average Bonchev–Trinajstić information content (AvgIpc) is 2.16. The van der Waals surface area contributed by atoms with Crippen LogP contribution in [0, 0.1) is 5.92 Å². The highest BCUT2D eigenvalue weighted by atomic mass is 14.0. The fraction of sp³-hybridized carbons (Fsp3) is 0.846. The van der Waals surface area contributed by atoms with Crippen molar-refractivity contribution in [3.05, 3.63) is 12.2 Å². The van der Waals surface area contributed by atoms with Crippen molar-refractivity contribution in [1.29, 1.82) is 0 Å². The van der Waals surface area contributed by atoms with Gasteiger partial charge in [-0.2, -0.15) is 0 Å². The zero-order valence-corrected chi connectivity index (χ0v) is 9.68. The summed E-state index contributed by atoms with van der Waals surface area (Å²) in [4.78, 5) is 0. The lowest BCUT2D eigenvalue weighted by Gasteiger charge is -1.99. The molecular weight excluding hydrogens is 156 g/mol. The molecule has 13 heavy (non-hydrogen) atoms. The summed E-state index contributed by atoms with van der Waals surface area (Å²) in [6.07, 6.45) is 14.3. The van der Waals surface area contributed by atoms with Gasteiger partial charge in [0.15, 0.2) is 0 Å². The molecule has 0 aliphatic rings. The number of rotatable bonds is 8. The van der Waals surface area contributed by atoms with Crippen molar-refractivity contribution in [2.24, 2.45) is 5.92 Å². The van der Waals surface area contributed by atoms with E-state index in [0.29, 0.717) is 0 Å². The van der Waals surface area contributed by atoms with Crippen LogP contribution >= 0.6 is 0 Å². The summed E-state index contributed by atoms with van der Waals surface area (Å²) in [7, 11) is 0. The predicted octanol–water partition coefficient (Wildman–Crippen LogP) is 4.95. The third-order valence-corrected chi connectivity index (χ3v) is 2.58. The maximum Gasteiger partial charge on any atom is -0.0265 e. The van der Waals surface area contributed by atoms with Crippen molar-refractivity contribution in [2.45, 2.75) is 65.7 Å². The molecule has 0 aromatic carbocycles. The highest BCUT2D eigenvalue weighted by Crippen LogP contribution is 2.07. The van der Waals surface area contributed by atoms with Crippen LogP contribution in [0.2, 0.25) is 0 Å². The second-order valence-electron chi connectivity index (χ2n) is 4.02. The second kappa shape index (κ2) is 9.83. The normalized spacial score (nSPS) is 13.8. The van der Waals surface area contributed by atoms with Crippen LogP contribution in [0.5, 0.6) is 0 Å². The second-order valence-corrected chi connectivity index (χ2v) is 4.02. The Labute approximate surface area is 84.4 Å². The summed E-state index contributed by atoms with van der Waals surface area (Å²) in [5.74, 6) is 0.774. The summed E-state index contributed by atoms with van der Waals surface area (Å²) in [5, 5.41) is 0. The number of unbranched alkanes of at least 4 members (excludes halogenated alkanes) is 5. The summed E-state index contributed by atoms with van der Waals surface area (Å²) in [6, 6.07) is 0. The molecule has 0 aromatic heterocycles. The molecular formula is C13H26. The van der Waals surface area contributed by atoms with E-state index in [1.165, 1.54) is 44.9 Å². The van der Waals surface area contributed by atoms with E-state index in [0.717, 1.165) is 5.92 Å². The Morgan fingerprint density at radius 1 is 1.00 bits per heavy atom. The van der Waals surface area contributed by atoms with Crippen LogP contribution in [0.3, 0.4) is 0 Å². The maximum atomic E-state index is 2.36. The van der Waals surface area contributed by atoms with E-state index in [-0.39, 0.29) is 0 Å². The van der Waals surface area contributed by atoms with E-state index < -0.39 is 0 Å². The molecule has 0 aliphatic heterocycles. The van der Waals surface area contributed by atoms with Gasteiger partial charge in [0.1, 0.15) is 0 Å². The first kappa shape index (κ1) is 12.7. The Balaban J connectivity index is 3.10. The Hall–Kier alpha value is -0.260. The molecule has 0 heteroatoms. The van der Waals surface area contributed by atoms with Gasteiger partial charge >= 0.3 is 0 Å². The molecule has 78 valence electrons. The van der Waals surface area contributed by atoms with E-state index in [4.69, 9.17) is 0 Å². The monoisotopic (exact) mass is 182 g/mol. The van der Waals surface area contributed by atoms with Gasteiger partial charge in [-0.25, -0.2) is 0 Å². The lowest BCUT2D eigenvalue weighted by atomic mass is 10.1. The minimum atomic E-state index is 0.774. The van der Waals surface area contributed by atoms with Crippen LogP contribution in [0.1, 0.15) is 65.7 Å². The van der Waals surface area contributed by atoms with Crippen molar-refractivity contribution in [2.75, 3.05) is 0 Å². The Morgan fingerprint density at radius 2 is 1.69 bits per heavy atom. The molecule has 1 unspecified atom stereocenters. The molecule has 0 spiro atoms. The van der Waals surface area contributed by atoms with Crippen molar-refractivity contribution >= 4 is 0 Å². The van der Waals surface area contributed by atoms with Crippen molar-refractivity contribution in [3.63, 3.8) is 0 Å². The summed E-state index contributed by atoms with van der Waals surface area (Å²) >= 11 is 0. The number of allylic oxidation sites excluding steroid dienone is 2. The average molecular weight is 182 g/mol. The fourth-order valence-corrected chi connectivity index (χ4v) is 1.33. The highest BCUT2D eigenvalue weighted by Gasteiger charge is 1.90. The van der Waals surface area contributed by atoms with Crippen LogP contribution in [0.4, 0.5) is 0 Å². The molecule has 0 amide bonds. The smallest absolute Gasteiger partial charge is 0.0265 e. The molecule has 0 heterocycles. The molecule has 1 atom stereocenters. The minimum Gasteiger partial charge on any atom is -0.0883 e. The first-order valence-corrected chi connectivity index (χ1v) is 5.97. The predicted molar refractivity (Wildman–Crippen MR) is 62.0 cm³/mol. The Kier molecular flexibility index (Phi) is 9.63. The van der Waals surface area contributed by atoms with Gasteiger partial charge in [0.25, 0.3) is 0 Å². The fourth-order valence-electron chi connectivity index (χ4n) is 1.33. The van der Waals surface area contributed by atoms with Crippen molar-refractivity contribution in [1.82, 2.24) is 0 Å². The van der Waals surface area contributed by atoms with E-state index >= 15 is 0 Å². The highest BCUT2D eigenvalue weighted by molar-refractivity contribution is 4.85. The molecule has 0 nitrogen and oxygen atoms in total. The van der Waals surface area contributed by atoms with Gasteiger partial charge in [-0.1, -0.05) is 65.0 Å². The minimum absolute atomic E-state index is 0.774. The molecule has 0 saturated carbocycles. The largest absolute Gasteiger partial charge is 0.0883 e. The van der Waals surface area contributed by atoms with Gasteiger partial charge in [-0.15, -0.1) is 0 Å². The van der Waals surface area contributed by atoms with Crippen LogP contribution < -0.4 is 0 Å². The maximum absolute atomic E-state index is 2.36. The first-order chi connectivity index (χ1) is 6.31. The zero-order chi connectivity index (χ0) is 9.94. The van der Waals surface area contributed by atoms with Crippen LogP contribution in [-0.2, 0) is 0 Å². The Morgan fingerprint density at radius 3 is 2.31 bits per heavy atom. The SMILES string of the molecule is CCCCCCCC=CC(C)CC. The van der Waals surface area contributed by atoms with Gasteiger partial charge in [-0.05, 0) is 18.8 Å². The zero-order valence-electron chi connectivity index (χ0n) is 9.68. The molecule has 0 radical (unpaired) electrons. The molecule has 0 fully saturated rings. The molecule has 0 N–H and O–H groups in total. The topological polar surface area (TPSA) is 0 Å². The molecule has 0 aromatic rings. The summed E-state index contributed by atoms with van der Waals surface area (Å²) in [6.45, 7) is 6.80. The van der Waals surface area contributed by atoms with Crippen LogP contribution in [0.15, 0.2) is 12.2 Å². The third-order valence-electron chi connectivity index (χ3n) is 2.58. The van der Waals surface area contributed by atoms with Crippen molar-refractivity contribution < 1.29 is 0 Å². The third kappa shape index (κ3) is 9.66. The molecule has 0 rings (SSSR count). The standard InChI is InChI=1S/C13H26/c1-4-6-7-8-9-10-11-12-13(3)5-2/h11-13H,4-10H2,1-3H3. The first-order valence-electron chi connectivity index (χ1n) is 5.97.